The van der Waals surface area contributed by atoms with Crippen LogP contribution < -0.4 is 5.32 Å². The van der Waals surface area contributed by atoms with E-state index in [0.717, 1.165) is 21.6 Å². The molecule has 3 heterocycles. The van der Waals surface area contributed by atoms with E-state index in [1.807, 2.05) is 37.6 Å². The van der Waals surface area contributed by atoms with E-state index < -0.39 is 5.60 Å². The van der Waals surface area contributed by atoms with Crippen molar-refractivity contribution in [1.82, 2.24) is 14.8 Å². The van der Waals surface area contributed by atoms with Gasteiger partial charge in [0.15, 0.2) is 5.65 Å². The molecule has 0 amide bonds. The monoisotopic (exact) mass is 288 g/mol. The van der Waals surface area contributed by atoms with Crippen molar-refractivity contribution in [3.05, 3.63) is 40.8 Å². The van der Waals surface area contributed by atoms with Crippen LogP contribution in [0.15, 0.2) is 36.0 Å². The molecule has 0 fully saturated rings. The van der Waals surface area contributed by atoms with Gasteiger partial charge in [0.05, 0.1) is 11.6 Å². The Balaban J connectivity index is 1.84. The molecule has 0 aliphatic heterocycles. The van der Waals surface area contributed by atoms with E-state index in [2.05, 4.69) is 15.4 Å². The molecule has 0 aromatic carbocycles. The highest BCUT2D eigenvalue weighted by Gasteiger charge is 2.24. The van der Waals surface area contributed by atoms with Crippen LogP contribution in [-0.4, -0.2) is 26.4 Å². The summed E-state index contributed by atoms with van der Waals surface area (Å²) in [5.74, 6) is 0. The Bertz CT molecular complexity index is 718. The third-order valence-corrected chi connectivity index (χ3v) is 4.43. The topological polar surface area (TPSA) is 63.0 Å². The van der Waals surface area contributed by atoms with Crippen LogP contribution in [0.2, 0.25) is 0 Å². The highest BCUT2D eigenvalue weighted by Crippen LogP contribution is 2.27. The van der Waals surface area contributed by atoms with E-state index in [-0.39, 0.29) is 0 Å². The van der Waals surface area contributed by atoms with Crippen LogP contribution in [0.1, 0.15) is 11.8 Å². The summed E-state index contributed by atoms with van der Waals surface area (Å²) in [7, 11) is 1.86. The number of aliphatic hydroxyl groups is 1. The summed E-state index contributed by atoms with van der Waals surface area (Å²) in [6.45, 7) is 2.25. The second kappa shape index (κ2) is 4.88. The van der Waals surface area contributed by atoms with Crippen molar-refractivity contribution in [3.63, 3.8) is 0 Å². The lowest BCUT2D eigenvalue weighted by Crippen LogP contribution is -2.29. The van der Waals surface area contributed by atoms with Crippen molar-refractivity contribution in [2.24, 2.45) is 7.05 Å². The van der Waals surface area contributed by atoms with E-state index in [0.29, 0.717) is 6.54 Å². The molecule has 1 unspecified atom stereocenters. The molecule has 104 valence electrons. The van der Waals surface area contributed by atoms with Gasteiger partial charge < -0.3 is 10.4 Å². The SMILES string of the molecule is Cn1ncc2c(NCC(C)(O)c3cccs3)ccnc21. The molecule has 3 aromatic heterocycles. The number of rotatable bonds is 4. The summed E-state index contributed by atoms with van der Waals surface area (Å²) in [4.78, 5) is 5.24. The average Bonchev–Trinajstić information content (AvgIpc) is 3.07. The number of thiophene rings is 1. The number of anilines is 1. The van der Waals surface area contributed by atoms with Gasteiger partial charge in [0.2, 0.25) is 0 Å². The zero-order valence-corrected chi connectivity index (χ0v) is 12.2. The second-order valence-electron chi connectivity index (χ2n) is 4.97. The van der Waals surface area contributed by atoms with Crippen LogP contribution in [-0.2, 0) is 12.6 Å². The number of aryl methyl sites for hydroxylation is 1. The molecule has 0 saturated carbocycles. The van der Waals surface area contributed by atoms with Gasteiger partial charge in [-0.05, 0) is 24.4 Å². The predicted molar refractivity (Wildman–Crippen MR) is 80.9 cm³/mol. The predicted octanol–water partition coefficient (Wildman–Crippen LogP) is 2.35. The van der Waals surface area contributed by atoms with Gasteiger partial charge in [0.25, 0.3) is 0 Å². The molecule has 0 bridgehead atoms. The number of nitrogens with zero attached hydrogens (tertiary/aromatic N) is 3. The van der Waals surface area contributed by atoms with Crippen molar-refractivity contribution >= 4 is 28.1 Å². The smallest absolute Gasteiger partial charge is 0.159 e. The Morgan fingerprint density at radius 3 is 3.05 bits per heavy atom. The molecule has 20 heavy (non-hydrogen) atoms. The van der Waals surface area contributed by atoms with Crippen LogP contribution in [0.4, 0.5) is 5.69 Å². The first-order chi connectivity index (χ1) is 9.58. The van der Waals surface area contributed by atoms with Gasteiger partial charge in [-0.3, -0.25) is 4.68 Å². The van der Waals surface area contributed by atoms with Gasteiger partial charge in [-0.1, -0.05) is 6.07 Å². The van der Waals surface area contributed by atoms with E-state index in [9.17, 15) is 5.11 Å². The van der Waals surface area contributed by atoms with Crippen molar-refractivity contribution in [2.45, 2.75) is 12.5 Å². The summed E-state index contributed by atoms with van der Waals surface area (Å²) in [5.41, 5.74) is 0.858. The number of aromatic nitrogens is 3. The van der Waals surface area contributed by atoms with E-state index in [1.165, 1.54) is 0 Å². The lowest BCUT2D eigenvalue weighted by molar-refractivity contribution is 0.0755. The lowest BCUT2D eigenvalue weighted by atomic mass is 10.1. The first-order valence-electron chi connectivity index (χ1n) is 6.35. The maximum Gasteiger partial charge on any atom is 0.159 e. The first kappa shape index (κ1) is 13.1. The largest absolute Gasteiger partial charge is 0.383 e. The van der Waals surface area contributed by atoms with Gasteiger partial charge in [0.1, 0.15) is 5.60 Å². The third-order valence-electron chi connectivity index (χ3n) is 3.31. The van der Waals surface area contributed by atoms with Crippen molar-refractivity contribution in [2.75, 3.05) is 11.9 Å². The van der Waals surface area contributed by atoms with E-state index in [1.54, 1.807) is 28.4 Å². The number of hydrogen-bond donors (Lipinski definition) is 2. The number of pyridine rings is 1. The molecule has 3 aromatic rings. The van der Waals surface area contributed by atoms with Crippen molar-refractivity contribution < 1.29 is 5.11 Å². The summed E-state index contributed by atoms with van der Waals surface area (Å²) < 4.78 is 1.73. The van der Waals surface area contributed by atoms with Crippen molar-refractivity contribution in [3.8, 4) is 0 Å². The Morgan fingerprint density at radius 1 is 1.45 bits per heavy atom. The highest BCUT2D eigenvalue weighted by atomic mass is 32.1. The Kier molecular flexibility index (Phi) is 3.19. The van der Waals surface area contributed by atoms with Crippen LogP contribution in [0.5, 0.6) is 0 Å². The zero-order chi connectivity index (χ0) is 14.2. The fourth-order valence-corrected chi connectivity index (χ4v) is 2.93. The van der Waals surface area contributed by atoms with Crippen molar-refractivity contribution in [1.29, 1.82) is 0 Å². The minimum atomic E-state index is -0.897. The summed E-state index contributed by atoms with van der Waals surface area (Å²) in [6.07, 6.45) is 3.52. The van der Waals surface area contributed by atoms with Gasteiger partial charge in [-0.15, -0.1) is 11.3 Å². The van der Waals surface area contributed by atoms with E-state index in [4.69, 9.17) is 0 Å². The standard InChI is InChI=1S/C14H16N4OS/c1-14(19,12-4-3-7-20-12)9-16-11-5-6-15-13-10(11)8-17-18(13)2/h3-8,19H,9H2,1-2H3,(H,15,16). The second-order valence-corrected chi connectivity index (χ2v) is 5.92. The summed E-state index contributed by atoms with van der Waals surface area (Å²) in [5, 5.41) is 20.9. The maximum absolute atomic E-state index is 10.5. The quantitative estimate of drug-likeness (QED) is 0.773. The van der Waals surface area contributed by atoms with Gasteiger partial charge >= 0.3 is 0 Å². The molecule has 5 nitrogen and oxygen atoms in total. The molecule has 0 aliphatic rings. The highest BCUT2D eigenvalue weighted by molar-refractivity contribution is 7.10. The molecule has 0 radical (unpaired) electrons. The minimum absolute atomic E-state index is 0.432. The Hall–Kier alpha value is -1.92. The number of hydrogen-bond acceptors (Lipinski definition) is 5. The maximum atomic E-state index is 10.5. The summed E-state index contributed by atoms with van der Waals surface area (Å²) >= 11 is 1.55. The van der Waals surface area contributed by atoms with Crippen LogP contribution >= 0.6 is 11.3 Å². The molecule has 0 spiro atoms. The Labute approximate surface area is 120 Å². The normalized spacial score (nSPS) is 14.3. The molecule has 0 saturated heterocycles. The van der Waals surface area contributed by atoms with Crippen LogP contribution in [0, 0.1) is 0 Å². The first-order valence-corrected chi connectivity index (χ1v) is 7.23. The molecule has 1 atom stereocenters. The average molecular weight is 288 g/mol. The third kappa shape index (κ3) is 2.28. The summed E-state index contributed by atoms with van der Waals surface area (Å²) in [6, 6.07) is 5.79. The lowest BCUT2D eigenvalue weighted by Gasteiger charge is -2.23. The molecule has 2 N–H and O–H groups in total. The van der Waals surface area contributed by atoms with Crippen LogP contribution in [0.3, 0.4) is 0 Å². The Morgan fingerprint density at radius 2 is 2.30 bits per heavy atom. The number of fused-ring (bicyclic) bond motifs is 1. The van der Waals surface area contributed by atoms with Gasteiger partial charge in [-0.2, -0.15) is 5.10 Å². The molecular weight excluding hydrogens is 272 g/mol. The molecule has 3 rings (SSSR count). The minimum Gasteiger partial charge on any atom is -0.383 e. The van der Waals surface area contributed by atoms with Crippen LogP contribution in [0.25, 0.3) is 11.0 Å². The van der Waals surface area contributed by atoms with Gasteiger partial charge in [-0.25, -0.2) is 4.98 Å². The molecule has 0 aliphatic carbocycles. The van der Waals surface area contributed by atoms with E-state index >= 15 is 0 Å². The number of nitrogens with one attached hydrogen (secondary N) is 1. The zero-order valence-electron chi connectivity index (χ0n) is 11.4. The fourth-order valence-electron chi connectivity index (χ4n) is 2.14. The molecule has 6 heteroatoms. The molecular formula is C14H16N4OS. The van der Waals surface area contributed by atoms with Gasteiger partial charge in [0, 0.05) is 30.4 Å². The fraction of sp³-hybridized carbons (Fsp3) is 0.286.